The Morgan fingerprint density at radius 3 is 2.74 bits per heavy atom. The zero-order chi connectivity index (χ0) is 19.2. The number of hydrogen-bond donors (Lipinski definition) is 2. The molecular weight excluding hydrogens is 344 g/mol. The number of amides is 2. The van der Waals surface area contributed by atoms with E-state index in [1.54, 1.807) is 48.7 Å². The van der Waals surface area contributed by atoms with E-state index in [9.17, 15) is 9.59 Å². The predicted octanol–water partition coefficient (Wildman–Crippen LogP) is 2.03. The molecule has 0 radical (unpaired) electrons. The highest BCUT2D eigenvalue weighted by molar-refractivity contribution is 5.95. The first-order valence-corrected chi connectivity index (χ1v) is 8.39. The summed E-state index contributed by atoms with van der Waals surface area (Å²) < 4.78 is 7.56. The minimum atomic E-state index is -0.548. The topological polar surface area (TPSA) is 99.2 Å². The lowest BCUT2D eigenvalue weighted by molar-refractivity contribution is 0.0948. The summed E-state index contributed by atoms with van der Waals surface area (Å²) in [7, 11) is 1.87. The van der Waals surface area contributed by atoms with Crippen LogP contribution in [-0.2, 0) is 20.2 Å². The number of ether oxygens (including phenoxy) is 1. The summed E-state index contributed by atoms with van der Waals surface area (Å²) in [6, 6.07) is 13.9. The minimum absolute atomic E-state index is 0.197. The fraction of sp³-hybridized carbons (Fsp3) is 0.150. The number of primary amides is 1. The maximum Gasteiger partial charge on any atom is 0.252 e. The fourth-order valence-electron chi connectivity index (χ4n) is 2.59. The molecule has 0 aliphatic carbocycles. The van der Waals surface area contributed by atoms with Crippen molar-refractivity contribution in [2.24, 2.45) is 12.8 Å². The van der Waals surface area contributed by atoms with E-state index >= 15 is 0 Å². The van der Waals surface area contributed by atoms with E-state index in [0.29, 0.717) is 23.4 Å². The summed E-state index contributed by atoms with van der Waals surface area (Å²) in [6.07, 6.45) is 3.51. The van der Waals surface area contributed by atoms with Gasteiger partial charge in [0.15, 0.2) is 0 Å². The van der Waals surface area contributed by atoms with Crippen molar-refractivity contribution in [1.29, 1.82) is 0 Å². The van der Waals surface area contributed by atoms with Crippen LogP contribution < -0.4 is 15.8 Å². The van der Waals surface area contributed by atoms with Gasteiger partial charge in [-0.05, 0) is 29.8 Å². The standard InChI is InChI=1S/C20H20N4O3/c1-24-10-9-22-18(24)12-23-20(26)15-6-4-5-14(11-15)13-27-17-8-3-2-7-16(17)19(21)25/h2-11H,12-13H2,1H3,(H2,21,25)(H,23,26). The molecule has 27 heavy (non-hydrogen) atoms. The van der Waals surface area contributed by atoms with Gasteiger partial charge in [-0.3, -0.25) is 9.59 Å². The van der Waals surface area contributed by atoms with Gasteiger partial charge in [-0.2, -0.15) is 0 Å². The number of aryl methyl sites for hydroxylation is 1. The predicted molar refractivity (Wildman–Crippen MR) is 100 cm³/mol. The van der Waals surface area contributed by atoms with Crippen molar-refractivity contribution >= 4 is 11.8 Å². The molecule has 0 unspecified atom stereocenters. The Bertz CT molecular complexity index is 965. The first kappa shape index (κ1) is 18.2. The van der Waals surface area contributed by atoms with Crippen LogP contribution in [0, 0.1) is 0 Å². The van der Waals surface area contributed by atoms with E-state index in [-0.39, 0.29) is 12.5 Å². The smallest absolute Gasteiger partial charge is 0.252 e. The molecule has 0 aliphatic rings. The molecule has 0 saturated carbocycles. The Kier molecular flexibility index (Phi) is 5.51. The van der Waals surface area contributed by atoms with Crippen LogP contribution in [0.25, 0.3) is 0 Å². The quantitative estimate of drug-likeness (QED) is 0.670. The molecule has 7 heteroatoms. The first-order chi connectivity index (χ1) is 13.0. The van der Waals surface area contributed by atoms with Crippen LogP contribution in [0.4, 0.5) is 0 Å². The molecule has 0 spiro atoms. The molecule has 3 N–H and O–H groups in total. The van der Waals surface area contributed by atoms with Crippen LogP contribution >= 0.6 is 0 Å². The average Bonchev–Trinajstić information content (AvgIpc) is 3.09. The van der Waals surface area contributed by atoms with Crippen molar-refractivity contribution in [2.75, 3.05) is 0 Å². The zero-order valence-corrected chi connectivity index (χ0v) is 14.9. The monoisotopic (exact) mass is 364 g/mol. The number of rotatable bonds is 7. The Morgan fingerprint density at radius 2 is 2.00 bits per heavy atom. The Balaban J connectivity index is 1.64. The number of carbonyl (C=O) groups is 2. The molecule has 0 aliphatic heterocycles. The largest absolute Gasteiger partial charge is 0.488 e. The molecular formula is C20H20N4O3. The summed E-state index contributed by atoms with van der Waals surface area (Å²) in [5.74, 6) is 0.436. The summed E-state index contributed by atoms with van der Waals surface area (Å²) in [5, 5.41) is 2.84. The number of nitrogens with two attached hydrogens (primary N) is 1. The third-order valence-electron chi connectivity index (χ3n) is 4.06. The van der Waals surface area contributed by atoms with Crippen LogP contribution in [0.2, 0.25) is 0 Å². The van der Waals surface area contributed by atoms with Gasteiger partial charge in [0.05, 0.1) is 12.1 Å². The van der Waals surface area contributed by atoms with Gasteiger partial charge in [-0.15, -0.1) is 0 Å². The molecule has 3 aromatic rings. The van der Waals surface area contributed by atoms with Crippen LogP contribution in [0.5, 0.6) is 5.75 Å². The van der Waals surface area contributed by atoms with Crippen molar-refractivity contribution in [3.05, 3.63) is 83.4 Å². The van der Waals surface area contributed by atoms with E-state index in [1.165, 1.54) is 0 Å². The van der Waals surface area contributed by atoms with Gasteiger partial charge in [-0.25, -0.2) is 4.98 Å². The van der Waals surface area contributed by atoms with Crippen LogP contribution in [0.15, 0.2) is 60.9 Å². The highest BCUT2D eigenvalue weighted by atomic mass is 16.5. The summed E-state index contributed by atoms with van der Waals surface area (Å²) in [6.45, 7) is 0.555. The highest BCUT2D eigenvalue weighted by Crippen LogP contribution is 2.19. The molecule has 0 fully saturated rings. The second-order valence-electron chi connectivity index (χ2n) is 5.99. The van der Waals surface area contributed by atoms with Gasteiger partial charge in [0.25, 0.3) is 11.8 Å². The lowest BCUT2D eigenvalue weighted by Crippen LogP contribution is -2.24. The Labute approximate surface area is 156 Å². The molecule has 2 aromatic carbocycles. The lowest BCUT2D eigenvalue weighted by Gasteiger charge is -2.10. The van der Waals surface area contributed by atoms with Gasteiger partial charge in [-0.1, -0.05) is 24.3 Å². The molecule has 3 rings (SSSR count). The van der Waals surface area contributed by atoms with Gasteiger partial charge >= 0.3 is 0 Å². The number of aromatic nitrogens is 2. The van der Waals surface area contributed by atoms with Gasteiger partial charge in [0, 0.05) is 25.0 Å². The van der Waals surface area contributed by atoms with Crippen molar-refractivity contribution < 1.29 is 14.3 Å². The van der Waals surface area contributed by atoms with E-state index in [2.05, 4.69) is 10.3 Å². The molecule has 7 nitrogen and oxygen atoms in total. The minimum Gasteiger partial charge on any atom is -0.488 e. The van der Waals surface area contributed by atoms with Crippen molar-refractivity contribution in [3.8, 4) is 5.75 Å². The van der Waals surface area contributed by atoms with Crippen molar-refractivity contribution in [2.45, 2.75) is 13.2 Å². The molecule has 0 atom stereocenters. The average molecular weight is 364 g/mol. The van der Waals surface area contributed by atoms with E-state index in [1.807, 2.05) is 23.9 Å². The summed E-state index contributed by atoms with van der Waals surface area (Å²) in [5.41, 5.74) is 7.00. The number of imidazole rings is 1. The lowest BCUT2D eigenvalue weighted by atomic mass is 10.1. The molecule has 1 heterocycles. The third kappa shape index (κ3) is 4.52. The summed E-state index contributed by atoms with van der Waals surface area (Å²) >= 11 is 0. The maximum atomic E-state index is 12.4. The molecule has 2 amide bonds. The SMILES string of the molecule is Cn1ccnc1CNC(=O)c1cccc(COc2ccccc2C(N)=O)c1. The van der Waals surface area contributed by atoms with Gasteiger partial charge < -0.3 is 20.4 Å². The third-order valence-corrected chi connectivity index (χ3v) is 4.06. The van der Waals surface area contributed by atoms with Crippen LogP contribution in [0.1, 0.15) is 32.1 Å². The second kappa shape index (κ2) is 8.18. The second-order valence-corrected chi connectivity index (χ2v) is 5.99. The van der Waals surface area contributed by atoms with Crippen molar-refractivity contribution in [3.63, 3.8) is 0 Å². The van der Waals surface area contributed by atoms with Gasteiger partial charge in [0.2, 0.25) is 0 Å². The highest BCUT2D eigenvalue weighted by Gasteiger charge is 2.10. The zero-order valence-electron chi connectivity index (χ0n) is 14.9. The number of para-hydroxylation sites is 1. The number of nitrogens with zero attached hydrogens (tertiary/aromatic N) is 2. The van der Waals surface area contributed by atoms with Crippen molar-refractivity contribution in [1.82, 2.24) is 14.9 Å². The maximum absolute atomic E-state index is 12.4. The fourth-order valence-corrected chi connectivity index (χ4v) is 2.59. The van der Waals surface area contributed by atoms with E-state index in [4.69, 9.17) is 10.5 Å². The van der Waals surface area contributed by atoms with Crippen LogP contribution in [-0.4, -0.2) is 21.4 Å². The Morgan fingerprint density at radius 1 is 1.19 bits per heavy atom. The number of nitrogens with one attached hydrogen (secondary N) is 1. The first-order valence-electron chi connectivity index (χ1n) is 8.39. The number of carbonyl (C=O) groups excluding carboxylic acids is 2. The number of hydrogen-bond acceptors (Lipinski definition) is 4. The molecule has 138 valence electrons. The Hall–Kier alpha value is -3.61. The molecule has 0 saturated heterocycles. The number of benzene rings is 2. The van der Waals surface area contributed by atoms with E-state index in [0.717, 1.165) is 11.4 Å². The molecule has 0 bridgehead atoms. The van der Waals surface area contributed by atoms with Gasteiger partial charge in [0.1, 0.15) is 18.2 Å². The normalized spacial score (nSPS) is 10.4. The van der Waals surface area contributed by atoms with E-state index < -0.39 is 5.91 Å². The van der Waals surface area contributed by atoms with Crippen LogP contribution in [0.3, 0.4) is 0 Å². The molecule has 1 aromatic heterocycles. The summed E-state index contributed by atoms with van der Waals surface area (Å²) in [4.78, 5) is 28.0.